The first-order valence-electron chi connectivity index (χ1n) is 6.82. The zero-order valence-electron chi connectivity index (χ0n) is 12.0. The first-order chi connectivity index (χ1) is 10.2. The molecular weight excluding hydrogens is 276 g/mol. The fourth-order valence-corrected chi connectivity index (χ4v) is 2.86. The maximum Gasteiger partial charge on any atom is 0.312 e. The van der Waals surface area contributed by atoms with Crippen LogP contribution in [0.25, 0.3) is 0 Å². The van der Waals surface area contributed by atoms with Gasteiger partial charge in [-0.3, -0.25) is 4.79 Å². The lowest BCUT2D eigenvalue weighted by Crippen LogP contribution is -2.25. The fourth-order valence-electron chi connectivity index (χ4n) is 2.86. The number of esters is 1. The molecule has 2 aliphatic heterocycles. The Morgan fingerprint density at radius 2 is 1.90 bits per heavy atom. The van der Waals surface area contributed by atoms with E-state index in [9.17, 15) is 4.79 Å². The van der Waals surface area contributed by atoms with E-state index in [2.05, 4.69) is 0 Å². The van der Waals surface area contributed by atoms with Crippen LogP contribution in [0, 0.1) is 11.8 Å². The summed E-state index contributed by atoms with van der Waals surface area (Å²) < 4.78 is 26.6. The van der Waals surface area contributed by atoms with Gasteiger partial charge in [0.25, 0.3) is 0 Å². The van der Waals surface area contributed by atoms with Crippen LogP contribution in [0.1, 0.15) is 11.7 Å². The van der Waals surface area contributed by atoms with Crippen LogP contribution in [0.15, 0.2) is 18.2 Å². The number of ether oxygens (including phenoxy) is 5. The van der Waals surface area contributed by atoms with Crippen LogP contribution in [-0.2, 0) is 19.0 Å². The molecule has 0 N–H and O–H groups in total. The molecule has 0 bridgehead atoms. The van der Waals surface area contributed by atoms with Gasteiger partial charge in [-0.15, -0.1) is 0 Å². The lowest BCUT2D eigenvalue weighted by molar-refractivity contribution is -0.145. The highest BCUT2D eigenvalue weighted by Gasteiger charge is 2.45. The van der Waals surface area contributed by atoms with Crippen molar-refractivity contribution in [2.45, 2.75) is 6.10 Å². The van der Waals surface area contributed by atoms with Gasteiger partial charge in [-0.05, 0) is 17.7 Å². The summed E-state index contributed by atoms with van der Waals surface area (Å²) in [5, 5.41) is 0. The molecule has 1 fully saturated rings. The van der Waals surface area contributed by atoms with Crippen molar-refractivity contribution in [1.82, 2.24) is 0 Å². The third kappa shape index (κ3) is 2.56. The number of rotatable bonds is 5. The fraction of sp³-hybridized carbons (Fsp3) is 0.533. The van der Waals surface area contributed by atoms with Crippen LogP contribution in [0.5, 0.6) is 11.5 Å². The molecule has 6 nitrogen and oxygen atoms in total. The second-order valence-corrected chi connectivity index (χ2v) is 5.15. The minimum atomic E-state index is -0.355. The second kappa shape index (κ2) is 5.91. The van der Waals surface area contributed by atoms with Crippen LogP contribution >= 0.6 is 0 Å². The standard InChI is InChI=1S/C15H18O6/c1-17-6-10-11(7-18-2)15(16)21-14(10)9-3-4-12-13(5-9)20-8-19-12/h3-5,10-11,14H,6-8H2,1-2H3/t10-,11-,14+/m1/s1. The largest absolute Gasteiger partial charge is 0.457 e. The lowest BCUT2D eigenvalue weighted by Gasteiger charge is -2.20. The molecule has 1 saturated heterocycles. The average Bonchev–Trinajstić information content (AvgIpc) is 3.06. The summed E-state index contributed by atoms with van der Waals surface area (Å²) in [4.78, 5) is 12.1. The molecule has 0 aromatic heterocycles. The molecule has 2 aliphatic rings. The second-order valence-electron chi connectivity index (χ2n) is 5.15. The van der Waals surface area contributed by atoms with E-state index in [1.165, 1.54) is 0 Å². The number of benzene rings is 1. The maximum atomic E-state index is 12.1. The van der Waals surface area contributed by atoms with Crippen molar-refractivity contribution in [3.8, 4) is 11.5 Å². The highest BCUT2D eigenvalue weighted by atomic mass is 16.7. The van der Waals surface area contributed by atoms with E-state index < -0.39 is 0 Å². The predicted molar refractivity (Wildman–Crippen MR) is 72.1 cm³/mol. The smallest absolute Gasteiger partial charge is 0.312 e. The van der Waals surface area contributed by atoms with Crippen molar-refractivity contribution in [2.24, 2.45) is 11.8 Å². The number of methoxy groups -OCH3 is 2. The van der Waals surface area contributed by atoms with E-state index in [0.29, 0.717) is 24.7 Å². The Kier molecular flexibility index (Phi) is 3.98. The number of hydrogen-bond acceptors (Lipinski definition) is 6. The molecule has 1 aromatic carbocycles. The van der Waals surface area contributed by atoms with Gasteiger partial charge in [-0.2, -0.15) is 0 Å². The van der Waals surface area contributed by atoms with Gasteiger partial charge in [0.2, 0.25) is 6.79 Å². The predicted octanol–water partition coefficient (Wildman–Crippen LogP) is 1.54. The minimum absolute atomic E-state index is 0.0807. The Balaban J connectivity index is 1.87. The molecule has 114 valence electrons. The summed E-state index contributed by atoms with van der Waals surface area (Å²) in [6, 6.07) is 5.58. The van der Waals surface area contributed by atoms with Crippen LogP contribution < -0.4 is 9.47 Å². The van der Waals surface area contributed by atoms with Gasteiger partial charge < -0.3 is 23.7 Å². The van der Waals surface area contributed by atoms with Crippen molar-refractivity contribution in [3.63, 3.8) is 0 Å². The van der Waals surface area contributed by atoms with E-state index in [1.54, 1.807) is 14.2 Å². The first-order valence-corrected chi connectivity index (χ1v) is 6.82. The van der Waals surface area contributed by atoms with Gasteiger partial charge in [0.05, 0.1) is 19.1 Å². The van der Waals surface area contributed by atoms with E-state index in [1.807, 2.05) is 18.2 Å². The molecule has 6 heteroatoms. The molecule has 21 heavy (non-hydrogen) atoms. The number of fused-ring (bicyclic) bond motifs is 1. The summed E-state index contributed by atoms with van der Waals surface area (Å²) in [6.45, 7) is 0.976. The van der Waals surface area contributed by atoms with Crippen molar-refractivity contribution in [3.05, 3.63) is 23.8 Å². The summed E-state index contributed by atoms with van der Waals surface area (Å²) >= 11 is 0. The van der Waals surface area contributed by atoms with Crippen molar-refractivity contribution >= 4 is 5.97 Å². The Labute approximate surface area is 122 Å². The monoisotopic (exact) mass is 294 g/mol. The molecule has 0 unspecified atom stereocenters. The van der Waals surface area contributed by atoms with Crippen LogP contribution in [-0.4, -0.2) is 40.2 Å². The summed E-state index contributed by atoms with van der Waals surface area (Å²) in [5.41, 5.74) is 0.883. The van der Waals surface area contributed by atoms with Gasteiger partial charge >= 0.3 is 5.97 Å². The lowest BCUT2D eigenvalue weighted by atomic mass is 9.88. The zero-order chi connectivity index (χ0) is 14.8. The molecule has 0 radical (unpaired) electrons. The number of hydrogen-bond donors (Lipinski definition) is 0. The van der Waals surface area contributed by atoms with Crippen molar-refractivity contribution in [2.75, 3.05) is 34.2 Å². The molecular formula is C15H18O6. The molecule has 3 atom stereocenters. The van der Waals surface area contributed by atoms with E-state index in [4.69, 9.17) is 23.7 Å². The molecule has 2 heterocycles. The van der Waals surface area contributed by atoms with Crippen LogP contribution in [0.4, 0.5) is 0 Å². The van der Waals surface area contributed by atoms with Gasteiger partial charge in [-0.1, -0.05) is 6.07 Å². The van der Waals surface area contributed by atoms with E-state index in [0.717, 1.165) is 5.56 Å². The Bertz CT molecular complexity index is 529. The zero-order valence-corrected chi connectivity index (χ0v) is 12.0. The quantitative estimate of drug-likeness (QED) is 0.768. The number of carbonyl (C=O) groups excluding carboxylic acids is 1. The normalized spacial score (nSPS) is 27.0. The average molecular weight is 294 g/mol. The van der Waals surface area contributed by atoms with Crippen LogP contribution in [0.2, 0.25) is 0 Å². The third-order valence-corrected chi connectivity index (χ3v) is 3.88. The van der Waals surface area contributed by atoms with E-state index in [-0.39, 0.29) is 30.7 Å². The van der Waals surface area contributed by atoms with Crippen LogP contribution in [0.3, 0.4) is 0 Å². The Hall–Kier alpha value is -1.79. The van der Waals surface area contributed by atoms with E-state index >= 15 is 0 Å². The topological polar surface area (TPSA) is 63.2 Å². The summed E-state index contributed by atoms with van der Waals surface area (Å²) in [5.74, 6) is 0.740. The van der Waals surface area contributed by atoms with Crippen molar-refractivity contribution in [1.29, 1.82) is 0 Å². The minimum Gasteiger partial charge on any atom is -0.457 e. The Morgan fingerprint density at radius 1 is 1.14 bits per heavy atom. The van der Waals surface area contributed by atoms with Gasteiger partial charge in [0, 0.05) is 20.1 Å². The van der Waals surface area contributed by atoms with Gasteiger partial charge in [0.15, 0.2) is 11.5 Å². The number of carbonyl (C=O) groups is 1. The molecule has 0 saturated carbocycles. The SMILES string of the molecule is COC[C@@H]1[C@@H](COC)C(=O)O[C@H]1c1ccc2c(c1)OCO2. The summed E-state index contributed by atoms with van der Waals surface area (Å²) in [7, 11) is 3.19. The van der Waals surface area contributed by atoms with Crippen molar-refractivity contribution < 1.29 is 28.5 Å². The molecule has 3 rings (SSSR count). The Morgan fingerprint density at radius 3 is 2.67 bits per heavy atom. The molecule has 1 aromatic rings. The first kappa shape index (κ1) is 14.2. The molecule has 0 aliphatic carbocycles. The van der Waals surface area contributed by atoms with Gasteiger partial charge in [0.1, 0.15) is 6.10 Å². The highest BCUT2D eigenvalue weighted by molar-refractivity contribution is 5.76. The van der Waals surface area contributed by atoms with Gasteiger partial charge in [-0.25, -0.2) is 0 Å². The maximum absolute atomic E-state index is 12.1. The number of cyclic esters (lactones) is 1. The molecule has 0 amide bonds. The third-order valence-electron chi connectivity index (χ3n) is 3.88. The highest BCUT2D eigenvalue weighted by Crippen LogP contribution is 2.43. The molecule has 0 spiro atoms. The summed E-state index contributed by atoms with van der Waals surface area (Å²) in [6.07, 6.45) is -0.355.